The number of rotatable bonds is 6. The van der Waals surface area contributed by atoms with Crippen molar-refractivity contribution < 1.29 is 8.83 Å². The third-order valence-electron chi connectivity index (χ3n) is 10.9. The Morgan fingerprint density at radius 1 is 0.309 bits per heavy atom. The Bertz CT molecular complexity index is 3210. The van der Waals surface area contributed by atoms with Crippen LogP contribution >= 0.6 is 0 Å². The summed E-state index contributed by atoms with van der Waals surface area (Å²) in [6.07, 6.45) is 0. The number of furan rings is 2. The molecule has 0 radical (unpaired) electrons. The summed E-state index contributed by atoms with van der Waals surface area (Å²) in [5.41, 5.74) is 13.7. The fraction of sp³-hybridized carbons (Fsp3) is 0. The first-order valence-corrected chi connectivity index (χ1v) is 18.7. The highest BCUT2D eigenvalue weighted by Gasteiger charge is 2.22. The molecule has 0 amide bonds. The second kappa shape index (κ2) is 12.6. The lowest BCUT2D eigenvalue weighted by Gasteiger charge is -2.30. The van der Waals surface area contributed by atoms with Crippen molar-refractivity contribution in [1.29, 1.82) is 0 Å². The second-order valence-electron chi connectivity index (χ2n) is 14.1. The van der Waals surface area contributed by atoms with Crippen LogP contribution in [-0.2, 0) is 0 Å². The molecule has 55 heavy (non-hydrogen) atoms. The SMILES string of the molecule is c1ccc(-c2ccccc2N(c2ccc(-c3cccc4oc5ccccc5c34)cc2)c2ccccc2-c2ccc3oc4cc5ccccc5cc4c3c2)cc1. The van der Waals surface area contributed by atoms with E-state index in [1.807, 2.05) is 12.1 Å². The zero-order valence-corrected chi connectivity index (χ0v) is 29.8. The van der Waals surface area contributed by atoms with Gasteiger partial charge in [-0.05, 0) is 93.7 Å². The molecule has 0 aliphatic carbocycles. The molecule has 0 saturated heterocycles. The Labute approximate surface area is 317 Å². The summed E-state index contributed by atoms with van der Waals surface area (Å²) >= 11 is 0. The van der Waals surface area contributed by atoms with Gasteiger partial charge in [-0.3, -0.25) is 0 Å². The number of benzene rings is 9. The maximum Gasteiger partial charge on any atom is 0.136 e. The molecule has 2 aromatic heterocycles. The molecule has 3 heteroatoms. The van der Waals surface area contributed by atoms with Crippen LogP contribution in [0.25, 0.3) is 88.0 Å². The first-order valence-electron chi connectivity index (χ1n) is 18.7. The molecule has 3 nitrogen and oxygen atoms in total. The Balaban J connectivity index is 1.10. The van der Waals surface area contributed by atoms with Crippen molar-refractivity contribution in [2.75, 3.05) is 4.90 Å². The van der Waals surface area contributed by atoms with E-state index in [0.717, 1.165) is 94.3 Å². The van der Waals surface area contributed by atoms with Crippen LogP contribution in [0.5, 0.6) is 0 Å². The van der Waals surface area contributed by atoms with Gasteiger partial charge in [0, 0.05) is 38.4 Å². The highest BCUT2D eigenvalue weighted by molar-refractivity contribution is 6.13. The molecule has 0 atom stereocenters. The van der Waals surface area contributed by atoms with Crippen LogP contribution < -0.4 is 4.90 Å². The zero-order valence-electron chi connectivity index (χ0n) is 29.8. The predicted molar refractivity (Wildman–Crippen MR) is 229 cm³/mol. The van der Waals surface area contributed by atoms with E-state index in [9.17, 15) is 0 Å². The number of hydrogen-bond donors (Lipinski definition) is 0. The van der Waals surface area contributed by atoms with Crippen LogP contribution in [0.2, 0.25) is 0 Å². The van der Waals surface area contributed by atoms with E-state index in [2.05, 4.69) is 193 Å². The number of fused-ring (bicyclic) bond motifs is 7. The third-order valence-corrected chi connectivity index (χ3v) is 10.9. The summed E-state index contributed by atoms with van der Waals surface area (Å²) < 4.78 is 12.7. The quantitative estimate of drug-likeness (QED) is 0.173. The lowest BCUT2D eigenvalue weighted by Crippen LogP contribution is -2.12. The summed E-state index contributed by atoms with van der Waals surface area (Å²) in [5.74, 6) is 0. The van der Waals surface area contributed by atoms with Crippen molar-refractivity contribution in [3.05, 3.63) is 200 Å². The van der Waals surface area contributed by atoms with Crippen LogP contribution in [0.3, 0.4) is 0 Å². The van der Waals surface area contributed by atoms with Gasteiger partial charge >= 0.3 is 0 Å². The van der Waals surface area contributed by atoms with Gasteiger partial charge in [0.1, 0.15) is 22.3 Å². The molecular weight excluding hydrogens is 671 g/mol. The van der Waals surface area contributed by atoms with Gasteiger partial charge in [0.05, 0.1) is 11.4 Å². The topological polar surface area (TPSA) is 29.5 Å². The highest BCUT2D eigenvalue weighted by Crippen LogP contribution is 2.46. The number of nitrogens with zero attached hydrogens (tertiary/aromatic N) is 1. The standard InChI is InChI=1S/C52H33NO2/c1-2-13-34(14-3-1)40-17-6-9-21-46(40)53(39-28-25-35(26-29-39)42-20-12-24-50-52(42)43-19-8-11-23-48(43)54-50)47-22-10-7-18-41(47)38-27-30-49-44(32-38)45-31-36-15-4-5-16-37(36)33-51(45)55-49/h1-33H. The normalized spacial score (nSPS) is 11.6. The minimum atomic E-state index is 0.883. The van der Waals surface area contributed by atoms with Crippen molar-refractivity contribution in [1.82, 2.24) is 0 Å². The predicted octanol–water partition coefficient (Wildman–Crippen LogP) is 15.1. The van der Waals surface area contributed by atoms with E-state index in [1.165, 1.54) is 10.8 Å². The molecule has 0 aliphatic rings. The first kappa shape index (κ1) is 31.2. The molecule has 0 unspecified atom stereocenters. The Kier molecular flexibility index (Phi) is 7.17. The molecule has 0 bridgehead atoms. The molecule has 0 saturated carbocycles. The minimum absolute atomic E-state index is 0.883. The number of para-hydroxylation sites is 3. The van der Waals surface area contributed by atoms with Crippen LogP contribution in [0, 0.1) is 0 Å². The number of anilines is 3. The van der Waals surface area contributed by atoms with Gasteiger partial charge in [-0.15, -0.1) is 0 Å². The zero-order chi connectivity index (χ0) is 36.3. The summed E-state index contributed by atoms with van der Waals surface area (Å²) in [7, 11) is 0. The molecule has 2 heterocycles. The Hall–Kier alpha value is -7.36. The van der Waals surface area contributed by atoms with Gasteiger partial charge in [0.25, 0.3) is 0 Å². The van der Waals surface area contributed by atoms with E-state index in [1.54, 1.807) is 0 Å². The summed E-state index contributed by atoms with van der Waals surface area (Å²) in [6.45, 7) is 0. The molecule has 0 aliphatic heterocycles. The van der Waals surface area contributed by atoms with E-state index < -0.39 is 0 Å². The number of hydrogen-bond acceptors (Lipinski definition) is 3. The van der Waals surface area contributed by atoms with Gasteiger partial charge in [0.15, 0.2) is 0 Å². The molecule has 0 fully saturated rings. The summed E-state index contributed by atoms with van der Waals surface area (Å²) in [5, 5.41) is 6.86. The largest absolute Gasteiger partial charge is 0.456 e. The average molecular weight is 704 g/mol. The van der Waals surface area contributed by atoms with E-state index in [-0.39, 0.29) is 0 Å². The smallest absolute Gasteiger partial charge is 0.136 e. The maximum atomic E-state index is 6.41. The molecule has 9 aromatic carbocycles. The van der Waals surface area contributed by atoms with Gasteiger partial charge in [-0.25, -0.2) is 0 Å². The Morgan fingerprint density at radius 2 is 0.855 bits per heavy atom. The van der Waals surface area contributed by atoms with Crippen molar-refractivity contribution in [2.24, 2.45) is 0 Å². The Morgan fingerprint density at radius 3 is 1.65 bits per heavy atom. The van der Waals surface area contributed by atoms with E-state index in [0.29, 0.717) is 0 Å². The highest BCUT2D eigenvalue weighted by atomic mass is 16.3. The van der Waals surface area contributed by atoms with E-state index in [4.69, 9.17) is 8.83 Å². The van der Waals surface area contributed by atoms with E-state index >= 15 is 0 Å². The van der Waals surface area contributed by atoms with Gasteiger partial charge in [-0.2, -0.15) is 0 Å². The molecule has 0 N–H and O–H groups in total. The van der Waals surface area contributed by atoms with Crippen LogP contribution in [0.1, 0.15) is 0 Å². The first-order chi connectivity index (χ1) is 27.3. The average Bonchev–Trinajstić information content (AvgIpc) is 3.81. The van der Waals surface area contributed by atoms with Crippen LogP contribution in [0.4, 0.5) is 17.1 Å². The van der Waals surface area contributed by atoms with Crippen molar-refractivity contribution in [2.45, 2.75) is 0 Å². The van der Waals surface area contributed by atoms with Crippen LogP contribution in [0.15, 0.2) is 209 Å². The summed E-state index contributed by atoms with van der Waals surface area (Å²) in [6, 6.07) is 71.1. The molecule has 11 aromatic rings. The van der Waals surface area contributed by atoms with Crippen molar-refractivity contribution >= 4 is 71.7 Å². The van der Waals surface area contributed by atoms with Crippen molar-refractivity contribution in [3.8, 4) is 33.4 Å². The lowest BCUT2D eigenvalue weighted by atomic mass is 9.96. The lowest BCUT2D eigenvalue weighted by molar-refractivity contribution is 0.669. The van der Waals surface area contributed by atoms with Gasteiger partial charge < -0.3 is 13.7 Å². The fourth-order valence-electron chi connectivity index (χ4n) is 8.29. The third kappa shape index (κ3) is 5.20. The summed E-state index contributed by atoms with van der Waals surface area (Å²) in [4.78, 5) is 2.40. The van der Waals surface area contributed by atoms with Crippen molar-refractivity contribution in [3.63, 3.8) is 0 Å². The van der Waals surface area contributed by atoms with Gasteiger partial charge in [-0.1, -0.05) is 140 Å². The second-order valence-corrected chi connectivity index (χ2v) is 14.1. The monoisotopic (exact) mass is 703 g/mol. The molecular formula is C52H33NO2. The maximum absolute atomic E-state index is 6.41. The molecule has 11 rings (SSSR count). The van der Waals surface area contributed by atoms with Crippen LogP contribution in [-0.4, -0.2) is 0 Å². The minimum Gasteiger partial charge on any atom is -0.456 e. The molecule has 258 valence electrons. The van der Waals surface area contributed by atoms with Gasteiger partial charge in [0.2, 0.25) is 0 Å². The fourth-order valence-corrected chi connectivity index (χ4v) is 8.29. The molecule has 0 spiro atoms.